The summed E-state index contributed by atoms with van der Waals surface area (Å²) in [5, 5.41) is 3.49. The van der Waals surface area contributed by atoms with Crippen molar-refractivity contribution in [2.75, 3.05) is 5.75 Å². The first-order valence-corrected chi connectivity index (χ1v) is 10.4. The molecule has 0 saturated carbocycles. The number of amides is 1. The number of benzene rings is 2. The predicted octanol–water partition coefficient (Wildman–Crippen LogP) is 5.44. The summed E-state index contributed by atoms with van der Waals surface area (Å²) < 4.78 is 19.9. The summed E-state index contributed by atoms with van der Waals surface area (Å²) in [4.78, 5) is 12.5. The van der Waals surface area contributed by atoms with Gasteiger partial charge in [-0.1, -0.05) is 35.4 Å². The maximum absolute atomic E-state index is 13.8. The highest BCUT2D eigenvalue weighted by Gasteiger charge is 2.34. The summed E-state index contributed by atoms with van der Waals surface area (Å²) in [6.07, 6.45) is 0.693. The molecule has 3 nitrogen and oxygen atoms in total. The van der Waals surface area contributed by atoms with Crippen molar-refractivity contribution in [3.8, 4) is 5.75 Å². The normalized spacial score (nSPS) is 17.7. The van der Waals surface area contributed by atoms with Crippen LogP contribution in [0.5, 0.6) is 5.75 Å². The summed E-state index contributed by atoms with van der Waals surface area (Å²) in [5.74, 6) is 0.985. The van der Waals surface area contributed by atoms with Gasteiger partial charge in [-0.15, -0.1) is 11.8 Å². The highest BCUT2D eigenvalue weighted by atomic mass is 35.5. The van der Waals surface area contributed by atoms with Crippen LogP contribution in [0, 0.1) is 12.7 Å². The van der Waals surface area contributed by atoms with E-state index in [4.69, 9.17) is 16.3 Å². The number of ether oxygens (including phenoxy) is 1. The standard InChI is InChI=1S/C21H23ClFNO2S/c1-13-7-8-19-14(9-13)18(10-21(2,3)26-19)24-20(25)12-27-11-15-16(22)5-4-6-17(15)23/h4-9,18H,10-12H2,1-3H3,(H,24,25)/t18-/m1/s1. The van der Waals surface area contributed by atoms with Gasteiger partial charge in [0.1, 0.15) is 17.2 Å². The second-order valence-electron chi connectivity index (χ2n) is 7.42. The molecule has 1 aliphatic rings. The topological polar surface area (TPSA) is 38.3 Å². The minimum atomic E-state index is -0.353. The van der Waals surface area contributed by atoms with Crippen LogP contribution in [0.2, 0.25) is 5.02 Å². The highest BCUT2D eigenvalue weighted by molar-refractivity contribution is 7.99. The highest BCUT2D eigenvalue weighted by Crippen LogP contribution is 2.39. The van der Waals surface area contributed by atoms with Crippen LogP contribution in [0.4, 0.5) is 4.39 Å². The van der Waals surface area contributed by atoms with Gasteiger partial charge < -0.3 is 10.1 Å². The zero-order valence-corrected chi connectivity index (χ0v) is 17.2. The van der Waals surface area contributed by atoms with Crippen LogP contribution in [0.15, 0.2) is 36.4 Å². The molecule has 27 heavy (non-hydrogen) atoms. The van der Waals surface area contributed by atoms with Crippen LogP contribution in [0.1, 0.15) is 43.0 Å². The second kappa shape index (κ2) is 8.11. The Bertz CT molecular complexity index is 836. The number of hydrogen-bond acceptors (Lipinski definition) is 3. The van der Waals surface area contributed by atoms with Gasteiger partial charge in [-0.2, -0.15) is 0 Å². The lowest BCUT2D eigenvalue weighted by Crippen LogP contribution is -2.41. The molecule has 0 saturated heterocycles. The van der Waals surface area contributed by atoms with Crippen LogP contribution in [-0.2, 0) is 10.5 Å². The van der Waals surface area contributed by atoms with Gasteiger partial charge >= 0.3 is 0 Å². The molecule has 1 atom stereocenters. The Labute approximate surface area is 168 Å². The van der Waals surface area contributed by atoms with Gasteiger partial charge in [-0.25, -0.2) is 4.39 Å². The van der Waals surface area contributed by atoms with E-state index in [9.17, 15) is 9.18 Å². The van der Waals surface area contributed by atoms with Crippen molar-refractivity contribution in [2.45, 2.75) is 44.6 Å². The largest absolute Gasteiger partial charge is 0.487 e. The van der Waals surface area contributed by atoms with Crippen molar-refractivity contribution < 1.29 is 13.9 Å². The van der Waals surface area contributed by atoms with E-state index in [1.54, 1.807) is 12.1 Å². The van der Waals surface area contributed by atoms with E-state index in [1.807, 2.05) is 32.9 Å². The Hall–Kier alpha value is -1.72. The monoisotopic (exact) mass is 407 g/mol. The SMILES string of the molecule is Cc1ccc2c(c1)[C@H](NC(=O)CSCc1c(F)cccc1Cl)CC(C)(C)O2. The molecule has 2 aromatic carbocycles. The van der Waals surface area contributed by atoms with Gasteiger partial charge in [0.05, 0.1) is 11.8 Å². The molecule has 6 heteroatoms. The lowest BCUT2D eigenvalue weighted by Gasteiger charge is -2.38. The summed E-state index contributed by atoms with van der Waals surface area (Å²) in [7, 11) is 0. The number of hydrogen-bond donors (Lipinski definition) is 1. The average Bonchev–Trinajstić information content (AvgIpc) is 2.57. The Morgan fingerprint density at radius 1 is 1.37 bits per heavy atom. The van der Waals surface area contributed by atoms with Crippen molar-refractivity contribution >= 4 is 29.3 Å². The summed E-state index contributed by atoms with van der Waals surface area (Å²) in [6.45, 7) is 6.06. The summed E-state index contributed by atoms with van der Waals surface area (Å²) >= 11 is 7.38. The van der Waals surface area contributed by atoms with E-state index in [0.717, 1.165) is 16.9 Å². The number of rotatable bonds is 5. The minimum absolute atomic E-state index is 0.0809. The Morgan fingerprint density at radius 2 is 2.15 bits per heavy atom. The zero-order chi connectivity index (χ0) is 19.6. The van der Waals surface area contributed by atoms with E-state index in [0.29, 0.717) is 22.8 Å². The first-order chi connectivity index (χ1) is 12.7. The summed E-state index contributed by atoms with van der Waals surface area (Å²) in [6, 6.07) is 10.5. The number of halogens is 2. The number of fused-ring (bicyclic) bond motifs is 1. The molecule has 3 rings (SSSR count). The average molecular weight is 408 g/mol. The van der Waals surface area contributed by atoms with E-state index in [1.165, 1.54) is 17.8 Å². The fourth-order valence-corrected chi connectivity index (χ4v) is 4.43. The van der Waals surface area contributed by atoms with Crippen LogP contribution < -0.4 is 10.1 Å². The second-order valence-corrected chi connectivity index (χ2v) is 8.81. The lowest BCUT2D eigenvalue weighted by molar-refractivity contribution is -0.119. The molecule has 2 aromatic rings. The third-order valence-corrected chi connectivity index (χ3v) is 5.81. The summed E-state index contributed by atoms with van der Waals surface area (Å²) in [5.41, 5.74) is 2.21. The molecule has 144 valence electrons. The van der Waals surface area contributed by atoms with Crippen LogP contribution in [0.25, 0.3) is 0 Å². The molecule has 1 aliphatic heterocycles. The van der Waals surface area contributed by atoms with Crippen molar-refractivity contribution in [1.29, 1.82) is 0 Å². The van der Waals surface area contributed by atoms with Gasteiger partial charge in [0.25, 0.3) is 0 Å². The molecule has 0 unspecified atom stereocenters. The molecule has 0 fully saturated rings. The third kappa shape index (κ3) is 4.96. The molecule has 1 N–H and O–H groups in total. The molecular formula is C21H23ClFNO2S. The van der Waals surface area contributed by atoms with Crippen LogP contribution in [-0.4, -0.2) is 17.3 Å². The lowest BCUT2D eigenvalue weighted by atomic mass is 9.89. The smallest absolute Gasteiger partial charge is 0.230 e. The van der Waals surface area contributed by atoms with Gasteiger partial charge in [0.15, 0.2) is 0 Å². The van der Waals surface area contributed by atoms with E-state index in [-0.39, 0.29) is 29.1 Å². The number of aryl methyl sites for hydroxylation is 1. The fraction of sp³-hybridized carbons (Fsp3) is 0.381. The van der Waals surface area contributed by atoms with Gasteiger partial charge in [-0.3, -0.25) is 4.79 Å². The van der Waals surface area contributed by atoms with E-state index in [2.05, 4.69) is 11.4 Å². The van der Waals surface area contributed by atoms with Crippen LogP contribution in [0.3, 0.4) is 0 Å². The van der Waals surface area contributed by atoms with E-state index >= 15 is 0 Å². The Balaban J connectivity index is 1.63. The van der Waals surface area contributed by atoms with Gasteiger partial charge in [0, 0.05) is 28.3 Å². The quantitative estimate of drug-likeness (QED) is 0.717. The zero-order valence-electron chi connectivity index (χ0n) is 15.6. The van der Waals surface area contributed by atoms with Crippen molar-refractivity contribution in [3.63, 3.8) is 0 Å². The van der Waals surface area contributed by atoms with Crippen molar-refractivity contribution in [2.24, 2.45) is 0 Å². The Kier molecular flexibility index (Phi) is 6.02. The number of carbonyl (C=O) groups excluding carboxylic acids is 1. The number of nitrogens with one attached hydrogen (secondary N) is 1. The molecular weight excluding hydrogens is 385 g/mol. The molecule has 1 amide bonds. The fourth-order valence-electron chi connectivity index (χ4n) is 3.25. The Morgan fingerprint density at radius 3 is 2.89 bits per heavy atom. The first-order valence-electron chi connectivity index (χ1n) is 8.85. The first kappa shape index (κ1) is 20.0. The number of carbonyl (C=O) groups is 1. The predicted molar refractivity (Wildman–Crippen MR) is 109 cm³/mol. The van der Waals surface area contributed by atoms with E-state index < -0.39 is 0 Å². The van der Waals surface area contributed by atoms with Crippen molar-refractivity contribution in [3.05, 3.63) is 63.9 Å². The molecule has 0 spiro atoms. The molecule has 0 radical (unpaired) electrons. The molecule has 0 aromatic heterocycles. The van der Waals surface area contributed by atoms with Gasteiger partial charge in [-0.05, 0) is 39.0 Å². The van der Waals surface area contributed by atoms with Crippen molar-refractivity contribution in [1.82, 2.24) is 5.32 Å². The maximum atomic E-state index is 13.8. The third-order valence-electron chi connectivity index (χ3n) is 4.50. The molecule has 0 aliphatic carbocycles. The van der Waals surface area contributed by atoms with Gasteiger partial charge in [0.2, 0.25) is 5.91 Å². The molecule has 1 heterocycles. The molecule has 0 bridgehead atoms. The van der Waals surface area contributed by atoms with Crippen LogP contribution >= 0.6 is 23.4 Å². The maximum Gasteiger partial charge on any atom is 0.230 e. The minimum Gasteiger partial charge on any atom is -0.487 e. The number of thioether (sulfide) groups is 1.